The van der Waals surface area contributed by atoms with Crippen LogP contribution in [0.5, 0.6) is 0 Å². The van der Waals surface area contributed by atoms with E-state index in [1.807, 2.05) is 54.6 Å². The maximum absolute atomic E-state index is 13.0. The number of aliphatic carboxylic acids is 1. The number of hydrogen-bond donors (Lipinski definition) is 7. The average Bonchev–Trinajstić information content (AvgIpc) is 3.29. The predicted molar refractivity (Wildman–Crippen MR) is 136 cm³/mol. The number of aromatic nitrogens is 1. The van der Waals surface area contributed by atoms with E-state index in [1.54, 1.807) is 6.20 Å². The fourth-order valence-corrected chi connectivity index (χ4v) is 3.81. The SMILES string of the molecule is CC(NC(=O)C(Cc1c[nH]c2ccccc12)NC(=O)C(CO)NC(=O)C(N)Cc1ccccc1)C(=O)O. The third-order valence-corrected chi connectivity index (χ3v) is 5.91. The molecule has 3 rings (SSSR count). The number of nitrogens with one attached hydrogen (secondary N) is 4. The van der Waals surface area contributed by atoms with Crippen LogP contribution >= 0.6 is 0 Å². The van der Waals surface area contributed by atoms with E-state index < -0.39 is 54.5 Å². The van der Waals surface area contributed by atoms with Gasteiger partial charge in [0.15, 0.2) is 0 Å². The molecule has 8 N–H and O–H groups in total. The summed E-state index contributed by atoms with van der Waals surface area (Å²) in [6.45, 7) is 0.568. The Bertz CT molecular complexity index is 1240. The fraction of sp³-hybridized carbons (Fsp3) is 0.308. The summed E-state index contributed by atoms with van der Waals surface area (Å²) < 4.78 is 0. The number of carbonyl (C=O) groups excluding carboxylic acids is 3. The number of H-pyrrole nitrogens is 1. The Hall–Kier alpha value is -4.22. The van der Waals surface area contributed by atoms with Gasteiger partial charge >= 0.3 is 5.97 Å². The lowest BCUT2D eigenvalue weighted by atomic mass is 10.0. The summed E-state index contributed by atoms with van der Waals surface area (Å²) in [5, 5.41) is 27.1. The van der Waals surface area contributed by atoms with Crippen LogP contribution in [0.15, 0.2) is 60.8 Å². The van der Waals surface area contributed by atoms with Gasteiger partial charge in [-0.2, -0.15) is 0 Å². The molecule has 3 amide bonds. The topological polar surface area (TPSA) is 187 Å². The first-order valence-electron chi connectivity index (χ1n) is 11.8. The lowest BCUT2D eigenvalue weighted by Gasteiger charge is -2.24. The van der Waals surface area contributed by atoms with Crippen molar-refractivity contribution in [3.8, 4) is 0 Å². The summed E-state index contributed by atoms with van der Waals surface area (Å²) in [4.78, 5) is 52.8. The number of aliphatic hydroxyl groups is 1. The molecular formula is C26H31N5O6. The summed E-state index contributed by atoms with van der Waals surface area (Å²) in [6, 6.07) is 11.8. The smallest absolute Gasteiger partial charge is 0.325 e. The molecule has 0 bridgehead atoms. The van der Waals surface area contributed by atoms with Crippen LogP contribution in [0.4, 0.5) is 0 Å². The number of rotatable bonds is 12. The van der Waals surface area contributed by atoms with Crippen LogP contribution in [0, 0.1) is 0 Å². The van der Waals surface area contributed by atoms with Gasteiger partial charge in [0.05, 0.1) is 12.6 Å². The predicted octanol–water partition coefficient (Wildman–Crippen LogP) is -0.168. The number of aliphatic hydroxyl groups excluding tert-OH is 1. The zero-order valence-electron chi connectivity index (χ0n) is 20.3. The van der Waals surface area contributed by atoms with E-state index in [0.717, 1.165) is 16.5 Å². The lowest BCUT2D eigenvalue weighted by Crippen LogP contribution is -2.58. The Morgan fingerprint density at radius 3 is 2.16 bits per heavy atom. The van der Waals surface area contributed by atoms with Crippen molar-refractivity contribution in [3.05, 3.63) is 71.9 Å². The highest BCUT2D eigenvalue weighted by molar-refractivity contribution is 5.95. The number of nitrogens with two attached hydrogens (primary N) is 1. The molecule has 2 aromatic carbocycles. The maximum atomic E-state index is 13.0. The molecule has 0 saturated heterocycles. The summed E-state index contributed by atoms with van der Waals surface area (Å²) in [7, 11) is 0. The quantitative estimate of drug-likeness (QED) is 0.177. The molecule has 11 heteroatoms. The van der Waals surface area contributed by atoms with Crippen molar-refractivity contribution in [2.24, 2.45) is 5.73 Å². The summed E-state index contributed by atoms with van der Waals surface area (Å²) in [5.74, 6) is -3.42. The summed E-state index contributed by atoms with van der Waals surface area (Å²) >= 11 is 0. The summed E-state index contributed by atoms with van der Waals surface area (Å²) in [5.41, 5.74) is 8.36. The minimum Gasteiger partial charge on any atom is -0.480 e. The van der Waals surface area contributed by atoms with Crippen molar-refractivity contribution in [2.45, 2.75) is 43.9 Å². The van der Waals surface area contributed by atoms with Crippen molar-refractivity contribution < 1.29 is 29.4 Å². The van der Waals surface area contributed by atoms with Crippen LogP contribution in [0.1, 0.15) is 18.1 Å². The Morgan fingerprint density at radius 2 is 1.49 bits per heavy atom. The van der Waals surface area contributed by atoms with Crippen LogP contribution in [0.2, 0.25) is 0 Å². The van der Waals surface area contributed by atoms with Crippen LogP contribution < -0.4 is 21.7 Å². The van der Waals surface area contributed by atoms with Gasteiger partial charge in [-0.3, -0.25) is 19.2 Å². The van der Waals surface area contributed by atoms with Crippen molar-refractivity contribution in [2.75, 3.05) is 6.61 Å². The molecule has 4 atom stereocenters. The van der Waals surface area contributed by atoms with Crippen molar-refractivity contribution >= 4 is 34.6 Å². The number of carbonyl (C=O) groups is 4. The monoisotopic (exact) mass is 509 g/mol. The molecule has 0 aliphatic heterocycles. The number of hydrogen-bond acceptors (Lipinski definition) is 6. The normalized spacial score (nSPS) is 14.2. The molecule has 1 heterocycles. The van der Waals surface area contributed by atoms with Gasteiger partial charge in [-0.15, -0.1) is 0 Å². The third-order valence-electron chi connectivity index (χ3n) is 5.91. The molecule has 11 nitrogen and oxygen atoms in total. The van der Waals surface area contributed by atoms with Crippen LogP contribution in [-0.4, -0.2) is 69.7 Å². The second kappa shape index (κ2) is 12.7. The fourth-order valence-electron chi connectivity index (χ4n) is 3.81. The molecule has 4 unspecified atom stereocenters. The average molecular weight is 510 g/mol. The molecule has 0 aliphatic rings. The van der Waals surface area contributed by atoms with Gasteiger partial charge in [0.2, 0.25) is 17.7 Å². The number of aromatic amines is 1. The minimum absolute atomic E-state index is 0.0353. The Kier molecular flexibility index (Phi) is 9.36. The van der Waals surface area contributed by atoms with Gasteiger partial charge < -0.3 is 36.9 Å². The van der Waals surface area contributed by atoms with Crippen LogP contribution in [0.25, 0.3) is 10.9 Å². The van der Waals surface area contributed by atoms with Crippen molar-refractivity contribution in [3.63, 3.8) is 0 Å². The van der Waals surface area contributed by atoms with E-state index in [-0.39, 0.29) is 12.8 Å². The number of fused-ring (bicyclic) bond motifs is 1. The van der Waals surface area contributed by atoms with E-state index in [2.05, 4.69) is 20.9 Å². The van der Waals surface area contributed by atoms with Crippen molar-refractivity contribution in [1.82, 2.24) is 20.9 Å². The molecule has 3 aromatic rings. The highest BCUT2D eigenvalue weighted by Crippen LogP contribution is 2.19. The minimum atomic E-state index is -1.37. The largest absolute Gasteiger partial charge is 0.480 e. The number of para-hydroxylation sites is 1. The van der Waals surface area contributed by atoms with E-state index in [0.29, 0.717) is 5.56 Å². The first kappa shape index (κ1) is 27.4. The molecular weight excluding hydrogens is 478 g/mol. The van der Waals surface area contributed by atoms with Gasteiger partial charge in [-0.1, -0.05) is 48.5 Å². The number of amides is 3. The number of carboxylic acid groups (broad SMARTS) is 1. The molecule has 0 radical (unpaired) electrons. The van der Waals surface area contributed by atoms with Crippen molar-refractivity contribution in [1.29, 1.82) is 0 Å². The number of carboxylic acids is 1. The van der Waals surface area contributed by atoms with E-state index in [4.69, 9.17) is 5.73 Å². The Morgan fingerprint density at radius 1 is 0.865 bits per heavy atom. The summed E-state index contributed by atoms with van der Waals surface area (Å²) in [6.07, 6.45) is 1.96. The molecule has 0 spiro atoms. The van der Waals surface area contributed by atoms with Gasteiger partial charge in [-0.05, 0) is 30.5 Å². The molecule has 0 aliphatic carbocycles. The highest BCUT2D eigenvalue weighted by atomic mass is 16.4. The first-order chi connectivity index (χ1) is 17.7. The molecule has 0 saturated carbocycles. The van der Waals surface area contributed by atoms with Crippen LogP contribution in [-0.2, 0) is 32.0 Å². The first-order valence-corrected chi connectivity index (χ1v) is 11.8. The van der Waals surface area contributed by atoms with E-state index in [1.165, 1.54) is 6.92 Å². The zero-order chi connectivity index (χ0) is 26.9. The van der Waals surface area contributed by atoms with E-state index in [9.17, 15) is 29.4 Å². The molecule has 1 aromatic heterocycles. The zero-order valence-corrected chi connectivity index (χ0v) is 20.3. The highest BCUT2D eigenvalue weighted by Gasteiger charge is 2.30. The van der Waals surface area contributed by atoms with Gasteiger partial charge in [0, 0.05) is 23.5 Å². The standard InChI is InChI=1S/C26H31N5O6/c1-15(26(36)37)29-24(34)21(12-17-13-28-20-10-6-5-9-18(17)20)30-25(35)22(14-32)31-23(33)19(27)11-16-7-3-2-4-8-16/h2-10,13,15,19,21-22,28,32H,11-12,14,27H2,1H3,(H,29,34)(H,30,35)(H,31,33)(H,36,37). The molecule has 37 heavy (non-hydrogen) atoms. The second-order valence-corrected chi connectivity index (χ2v) is 8.73. The van der Waals surface area contributed by atoms with Gasteiger partial charge in [-0.25, -0.2) is 0 Å². The molecule has 196 valence electrons. The van der Waals surface area contributed by atoms with Crippen LogP contribution in [0.3, 0.4) is 0 Å². The third kappa shape index (κ3) is 7.38. The van der Waals surface area contributed by atoms with E-state index >= 15 is 0 Å². The Balaban J connectivity index is 1.72. The Labute approximate surface area is 213 Å². The number of benzene rings is 2. The lowest BCUT2D eigenvalue weighted by molar-refractivity contribution is -0.141. The second-order valence-electron chi connectivity index (χ2n) is 8.73. The van der Waals surface area contributed by atoms with Gasteiger partial charge in [0.1, 0.15) is 18.1 Å². The maximum Gasteiger partial charge on any atom is 0.325 e. The van der Waals surface area contributed by atoms with Gasteiger partial charge in [0.25, 0.3) is 0 Å². The molecule has 0 fully saturated rings.